The summed E-state index contributed by atoms with van der Waals surface area (Å²) < 4.78 is 1.56. The van der Waals surface area contributed by atoms with E-state index >= 15 is 0 Å². The average molecular weight is 242 g/mol. The fourth-order valence-corrected chi connectivity index (χ4v) is 1.75. The molecule has 1 aromatic heterocycles. The standard InChI is InChI=1S/C13H8ClN3/c1-2-10-5-11(7-13(14)6-10)12-8-16-17(9-12)4-3-15/h1,5-9H,4H2. The van der Waals surface area contributed by atoms with Gasteiger partial charge in [-0.05, 0) is 23.8 Å². The lowest BCUT2D eigenvalue weighted by molar-refractivity contribution is 0.710. The highest BCUT2D eigenvalue weighted by molar-refractivity contribution is 6.31. The first-order chi connectivity index (χ1) is 8.22. The average Bonchev–Trinajstić information content (AvgIpc) is 2.77. The fraction of sp³-hybridized carbons (Fsp3) is 0.0769. The molecule has 2 rings (SSSR count). The van der Waals surface area contributed by atoms with Crippen molar-refractivity contribution < 1.29 is 0 Å². The van der Waals surface area contributed by atoms with Crippen molar-refractivity contribution in [3.8, 4) is 29.5 Å². The van der Waals surface area contributed by atoms with Crippen LogP contribution in [0.2, 0.25) is 5.02 Å². The number of hydrogen-bond acceptors (Lipinski definition) is 2. The van der Waals surface area contributed by atoms with Crippen LogP contribution in [0, 0.1) is 23.7 Å². The van der Waals surface area contributed by atoms with Gasteiger partial charge in [0.2, 0.25) is 0 Å². The molecule has 0 aliphatic rings. The van der Waals surface area contributed by atoms with Crippen molar-refractivity contribution >= 4 is 11.6 Å². The molecule has 0 unspecified atom stereocenters. The van der Waals surface area contributed by atoms with Gasteiger partial charge in [-0.1, -0.05) is 17.5 Å². The van der Waals surface area contributed by atoms with E-state index in [-0.39, 0.29) is 6.54 Å². The SMILES string of the molecule is C#Cc1cc(Cl)cc(-c2cnn(CC#N)c2)c1. The molecule has 0 N–H and O–H groups in total. The van der Waals surface area contributed by atoms with Crippen LogP contribution in [0.5, 0.6) is 0 Å². The molecule has 0 fully saturated rings. The van der Waals surface area contributed by atoms with Crippen LogP contribution in [0.4, 0.5) is 0 Å². The highest BCUT2D eigenvalue weighted by Gasteiger charge is 2.04. The number of benzene rings is 1. The van der Waals surface area contributed by atoms with Gasteiger partial charge in [0, 0.05) is 22.3 Å². The first-order valence-corrected chi connectivity index (χ1v) is 5.27. The molecule has 2 aromatic rings. The molecule has 0 saturated heterocycles. The molecule has 0 amide bonds. The second kappa shape index (κ2) is 4.74. The Hall–Kier alpha value is -2.23. The van der Waals surface area contributed by atoms with Gasteiger partial charge in [0.1, 0.15) is 6.54 Å². The maximum Gasteiger partial charge on any atom is 0.128 e. The lowest BCUT2D eigenvalue weighted by atomic mass is 10.1. The summed E-state index contributed by atoms with van der Waals surface area (Å²) >= 11 is 5.97. The van der Waals surface area contributed by atoms with Crippen molar-refractivity contribution in [1.82, 2.24) is 9.78 Å². The van der Waals surface area contributed by atoms with Gasteiger partial charge < -0.3 is 0 Å². The van der Waals surface area contributed by atoms with Gasteiger partial charge >= 0.3 is 0 Å². The van der Waals surface area contributed by atoms with Crippen LogP contribution >= 0.6 is 11.6 Å². The van der Waals surface area contributed by atoms with Gasteiger partial charge in [0.25, 0.3) is 0 Å². The summed E-state index contributed by atoms with van der Waals surface area (Å²) in [6.07, 6.45) is 8.82. The molecule has 17 heavy (non-hydrogen) atoms. The van der Waals surface area contributed by atoms with Crippen LogP contribution in [-0.2, 0) is 6.54 Å². The number of terminal acetylenes is 1. The van der Waals surface area contributed by atoms with Crippen molar-refractivity contribution in [2.45, 2.75) is 6.54 Å². The number of halogens is 1. The number of nitrogens with zero attached hydrogens (tertiary/aromatic N) is 3. The maximum atomic E-state index is 8.57. The molecular weight excluding hydrogens is 234 g/mol. The number of aromatic nitrogens is 2. The third-order valence-electron chi connectivity index (χ3n) is 2.26. The topological polar surface area (TPSA) is 41.6 Å². The maximum absolute atomic E-state index is 8.57. The van der Waals surface area contributed by atoms with E-state index in [0.717, 1.165) is 16.7 Å². The molecule has 0 atom stereocenters. The summed E-state index contributed by atoms with van der Waals surface area (Å²) in [6, 6.07) is 7.43. The molecule has 0 aliphatic heterocycles. The van der Waals surface area contributed by atoms with Crippen LogP contribution in [0.1, 0.15) is 5.56 Å². The minimum Gasteiger partial charge on any atom is -0.258 e. The van der Waals surface area contributed by atoms with Gasteiger partial charge in [-0.3, -0.25) is 4.68 Å². The van der Waals surface area contributed by atoms with Crippen molar-refractivity contribution in [1.29, 1.82) is 5.26 Å². The van der Waals surface area contributed by atoms with Gasteiger partial charge in [-0.2, -0.15) is 10.4 Å². The molecule has 0 spiro atoms. The van der Waals surface area contributed by atoms with Gasteiger partial charge in [0.15, 0.2) is 0 Å². The summed E-state index contributed by atoms with van der Waals surface area (Å²) in [5.74, 6) is 2.55. The normalized spacial score (nSPS) is 9.59. The van der Waals surface area contributed by atoms with E-state index < -0.39 is 0 Å². The quantitative estimate of drug-likeness (QED) is 0.759. The smallest absolute Gasteiger partial charge is 0.128 e. The Labute approximate surface area is 104 Å². The highest BCUT2D eigenvalue weighted by Crippen LogP contribution is 2.24. The summed E-state index contributed by atoms with van der Waals surface area (Å²) in [5.41, 5.74) is 2.51. The third kappa shape index (κ3) is 2.47. The summed E-state index contributed by atoms with van der Waals surface area (Å²) in [6.45, 7) is 0.225. The number of rotatable bonds is 2. The molecular formula is C13H8ClN3. The lowest BCUT2D eigenvalue weighted by Crippen LogP contribution is -1.93. The molecule has 0 aliphatic carbocycles. The second-order valence-electron chi connectivity index (χ2n) is 3.46. The first kappa shape index (κ1) is 11.3. The van der Waals surface area contributed by atoms with Crippen LogP contribution < -0.4 is 0 Å². The second-order valence-corrected chi connectivity index (χ2v) is 3.89. The number of nitriles is 1. The summed E-state index contributed by atoms with van der Waals surface area (Å²) in [7, 11) is 0. The van der Waals surface area contributed by atoms with Crippen LogP contribution in [-0.4, -0.2) is 9.78 Å². The van der Waals surface area contributed by atoms with Crippen molar-refractivity contribution in [3.63, 3.8) is 0 Å². The van der Waals surface area contributed by atoms with Crippen LogP contribution in [0.25, 0.3) is 11.1 Å². The zero-order valence-corrected chi connectivity index (χ0v) is 9.65. The Kier molecular flexibility index (Phi) is 3.14. The van der Waals surface area contributed by atoms with Gasteiger partial charge in [-0.25, -0.2) is 0 Å². The van der Waals surface area contributed by atoms with Gasteiger partial charge in [0.05, 0.1) is 12.3 Å². The fourth-order valence-electron chi connectivity index (χ4n) is 1.51. The molecule has 0 bridgehead atoms. The first-order valence-electron chi connectivity index (χ1n) is 4.90. The highest BCUT2D eigenvalue weighted by atomic mass is 35.5. The summed E-state index contributed by atoms with van der Waals surface area (Å²) in [5, 5.41) is 13.2. The monoisotopic (exact) mass is 241 g/mol. The van der Waals surface area contributed by atoms with E-state index in [1.807, 2.05) is 18.2 Å². The van der Waals surface area contributed by atoms with E-state index in [0.29, 0.717) is 5.02 Å². The van der Waals surface area contributed by atoms with Crippen LogP contribution in [0.3, 0.4) is 0 Å². The Morgan fingerprint density at radius 2 is 2.18 bits per heavy atom. The van der Waals surface area contributed by atoms with Crippen molar-refractivity contribution in [2.24, 2.45) is 0 Å². The van der Waals surface area contributed by atoms with Crippen LogP contribution in [0.15, 0.2) is 30.6 Å². The Morgan fingerprint density at radius 3 is 2.88 bits per heavy atom. The lowest BCUT2D eigenvalue weighted by Gasteiger charge is -2.00. The number of hydrogen-bond donors (Lipinski definition) is 0. The van der Waals surface area contributed by atoms with Gasteiger partial charge in [-0.15, -0.1) is 6.42 Å². The van der Waals surface area contributed by atoms with E-state index in [1.165, 1.54) is 0 Å². The molecule has 1 aromatic carbocycles. The van der Waals surface area contributed by atoms with Crippen molar-refractivity contribution in [2.75, 3.05) is 0 Å². The van der Waals surface area contributed by atoms with E-state index in [4.69, 9.17) is 23.3 Å². The third-order valence-corrected chi connectivity index (χ3v) is 2.48. The Bertz CT molecular complexity index is 629. The molecule has 3 nitrogen and oxygen atoms in total. The largest absolute Gasteiger partial charge is 0.258 e. The minimum atomic E-state index is 0.225. The zero-order valence-electron chi connectivity index (χ0n) is 8.89. The molecule has 4 heteroatoms. The van der Waals surface area contributed by atoms with E-state index in [2.05, 4.69) is 11.0 Å². The van der Waals surface area contributed by atoms with E-state index in [1.54, 1.807) is 23.1 Å². The molecule has 1 heterocycles. The predicted molar refractivity (Wildman–Crippen MR) is 66.2 cm³/mol. The minimum absolute atomic E-state index is 0.225. The molecule has 0 saturated carbocycles. The summed E-state index contributed by atoms with van der Waals surface area (Å²) in [4.78, 5) is 0. The molecule has 0 radical (unpaired) electrons. The zero-order chi connectivity index (χ0) is 12.3. The Morgan fingerprint density at radius 1 is 1.35 bits per heavy atom. The Balaban J connectivity index is 2.42. The van der Waals surface area contributed by atoms with Crippen molar-refractivity contribution in [3.05, 3.63) is 41.2 Å². The van der Waals surface area contributed by atoms with E-state index in [9.17, 15) is 0 Å². The predicted octanol–water partition coefficient (Wildman–Crippen LogP) is 2.71. The molecule has 82 valence electrons.